The summed E-state index contributed by atoms with van der Waals surface area (Å²) in [6.45, 7) is 7.82. The highest BCUT2D eigenvalue weighted by atomic mass is 35.5. The van der Waals surface area contributed by atoms with Gasteiger partial charge < -0.3 is 15.2 Å². The quantitative estimate of drug-likeness (QED) is 0.638. The van der Waals surface area contributed by atoms with Crippen molar-refractivity contribution in [3.05, 3.63) is 45.9 Å². The molecule has 0 fully saturated rings. The summed E-state index contributed by atoms with van der Waals surface area (Å²) in [5, 5.41) is 24.0. The third kappa shape index (κ3) is 3.99. The van der Waals surface area contributed by atoms with E-state index in [0.717, 1.165) is 0 Å². The van der Waals surface area contributed by atoms with Crippen LogP contribution >= 0.6 is 11.6 Å². The molecule has 5 nitrogen and oxygen atoms in total. The van der Waals surface area contributed by atoms with Crippen molar-refractivity contribution in [2.24, 2.45) is 10.8 Å². The lowest BCUT2D eigenvalue weighted by Crippen LogP contribution is -2.62. The van der Waals surface area contributed by atoms with Crippen LogP contribution in [-0.4, -0.2) is 30.8 Å². The smallest absolute Gasteiger partial charge is 0.313 e. The van der Waals surface area contributed by atoms with Crippen molar-refractivity contribution < 1.29 is 19.0 Å². The van der Waals surface area contributed by atoms with Crippen molar-refractivity contribution >= 4 is 17.6 Å². The van der Waals surface area contributed by atoms with Crippen LogP contribution in [0.25, 0.3) is 0 Å². The third-order valence-corrected chi connectivity index (χ3v) is 6.25. The molecule has 0 aromatic heterocycles. The number of allylic oxidation sites excluding steroid dienone is 2. The number of aliphatic carboxylic acids is 1. The molecule has 3 unspecified atom stereocenters. The number of carboxylic acid groups (broad SMARTS) is 1. The van der Waals surface area contributed by atoms with Crippen LogP contribution in [0.4, 0.5) is 4.39 Å². The van der Waals surface area contributed by atoms with Crippen molar-refractivity contribution in [1.29, 1.82) is 5.26 Å². The predicted molar refractivity (Wildman–Crippen MR) is 110 cm³/mol. The summed E-state index contributed by atoms with van der Waals surface area (Å²) < 4.78 is 18.9. The Labute approximate surface area is 176 Å². The summed E-state index contributed by atoms with van der Waals surface area (Å²) in [6.07, 6.45) is 1.18. The summed E-state index contributed by atoms with van der Waals surface area (Å²) in [7, 11) is 1.60. The van der Waals surface area contributed by atoms with Crippen LogP contribution in [0.5, 0.6) is 0 Å². The molecule has 3 atom stereocenters. The van der Waals surface area contributed by atoms with E-state index in [1.54, 1.807) is 14.0 Å². The lowest BCUT2D eigenvalue weighted by Gasteiger charge is -2.54. The lowest BCUT2D eigenvalue weighted by molar-refractivity contribution is -0.162. The summed E-state index contributed by atoms with van der Waals surface area (Å²) in [6, 6.07) is 5.63. The Morgan fingerprint density at radius 1 is 1.45 bits per heavy atom. The largest absolute Gasteiger partial charge is 0.481 e. The molecular formula is C22H28ClFN2O3. The number of ether oxygens (including phenoxy) is 1. The number of nitriles is 1. The maximum atomic E-state index is 13.7. The Kier molecular flexibility index (Phi) is 6.97. The fourth-order valence-corrected chi connectivity index (χ4v) is 4.94. The zero-order chi connectivity index (χ0) is 22.0. The van der Waals surface area contributed by atoms with Gasteiger partial charge in [-0.25, -0.2) is 4.39 Å². The lowest BCUT2D eigenvalue weighted by atomic mass is 9.51. The predicted octanol–water partition coefficient (Wildman–Crippen LogP) is 4.88. The molecule has 0 spiro atoms. The maximum Gasteiger partial charge on any atom is 0.313 e. The van der Waals surface area contributed by atoms with E-state index in [-0.39, 0.29) is 5.02 Å². The molecule has 1 aliphatic heterocycles. The molecular weight excluding hydrogens is 395 g/mol. The highest BCUT2D eigenvalue weighted by molar-refractivity contribution is 6.31. The van der Waals surface area contributed by atoms with Crippen molar-refractivity contribution in [1.82, 2.24) is 5.32 Å². The number of hydrogen-bond acceptors (Lipinski definition) is 4. The summed E-state index contributed by atoms with van der Waals surface area (Å²) in [4.78, 5) is 13.0. The standard InChI is InChI=1S/C22H28ClFN2O3/c1-13-16(12-25)19(15-9-8-14(24)11-17(15)23)22(20(27)28,21(2,3)4)18(26-13)7-6-10-29-5/h8-9,11,18-19,26H,6-7,10H2,1-5H3,(H,27,28). The number of hydrogen-bond donors (Lipinski definition) is 2. The summed E-state index contributed by atoms with van der Waals surface area (Å²) in [5.41, 5.74) is -0.790. The second kappa shape index (κ2) is 8.73. The van der Waals surface area contributed by atoms with Crippen molar-refractivity contribution in [2.45, 2.75) is 52.5 Å². The van der Waals surface area contributed by atoms with Gasteiger partial charge >= 0.3 is 5.97 Å². The van der Waals surface area contributed by atoms with E-state index in [0.29, 0.717) is 36.3 Å². The van der Waals surface area contributed by atoms with Crippen LogP contribution in [0.15, 0.2) is 29.5 Å². The van der Waals surface area contributed by atoms with Crippen LogP contribution in [0.3, 0.4) is 0 Å². The van der Waals surface area contributed by atoms with Gasteiger partial charge in [0, 0.05) is 36.4 Å². The van der Waals surface area contributed by atoms with Crippen LogP contribution in [0.2, 0.25) is 5.02 Å². The zero-order valence-electron chi connectivity index (χ0n) is 17.5. The number of methoxy groups -OCH3 is 1. The Hall–Kier alpha value is -2.10. The molecule has 1 aromatic carbocycles. The second-order valence-corrected chi connectivity index (χ2v) is 8.91. The monoisotopic (exact) mass is 422 g/mol. The zero-order valence-corrected chi connectivity index (χ0v) is 18.2. The molecule has 2 rings (SSSR count). The van der Waals surface area contributed by atoms with Gasteiger partial charge in [0.15, 0.2) is 0 Å². The first-order chi connectivity index (χ1) is 13.5. The van der Waals surface area contributed by atoms with Gasteiger partial charge in [0.1, 0.15) is 11.2 Å². The molecule has 158 valence electrons. The molecule has 1 aliphatic rings. The van der Waals surface area contributed by atoms with Gasteiger partial charge in [-0.05, 0) is 42.9 Å². The highest BCUT2D eigenvalue weighted by Gasteiger charge is 2.62. The Balaban J connectivity index is 2.85. The minimum Gasteiger partial charge on any atom is -0.481 e. The van der Waals surface area contributed by atoms with Gasteiger partial charge in [0.25, 0.3) is 0 Å². The minimum atomic E-state index is -1.40. The number of carbonyl (C=O) groups is 1. The number of halogens is 2. The summed E-state index contributed by atoms with van der Waals surface area (Å²) in [5.74, 6) is -2.36. The maximum absolute atomic E-state index is 13.7. The van der Waals surface area contributed by atoms with Gasteiger partial charge in [0.05, 0.1) is 11.6 Å². The van der Waals surface area contributed by atoms with Crippen LogP contribution in [-0.2, 0) is 9.53 Å². The molecule has 1 heterocycles. The molecule has 29 heavy (non-hydrogen) atoms. The number of benzene rings is 1. The highest BCUT2D eigenvalue weighted by Crippen LogP contribution is 2.58. The van der Waals surface area contributed by atoms with Crippen molar-refractivity contribution in [3.8, 4) is 6.07 Å². The van der Waals surface area contributed by atoms with Crippen LogP contribution in [0.1, 0.15) is 52.0 Å². The number of carboxylic acids is 1. The first kappa shape index (κ1) is 23.2. The SMILES string of the molecule is COCCCC1NC(C)=C(C#N)C(c2ccc(F)cc2Cl)C1(C(=O)O)C(C)(C)C. The average molecular weight is 423 g/mol. The molecule has 2 N–H and O–H groups in total. The molecule has 7 heteroatoms. The van der Waals surface area contributed by atoms with E-state index in [1.165, 1.54) is 18.2 Å². The Morgan fingerprint density at radius 3 is 2.59 bits per heavy atom. The number of rotatable bonds is 6. The van der Waals surface area contributed by atoms with Gasteiger partial charge in [-0.1, -0.05) is 38.4 Å². The Bertz CT molecular complexity index is 857. The van der Waals surface area contributed by atoms with Gasteiger partial charge in [-0.2, -0.15) is 5.26 Å². The van der Waals surface area contributed by atoms with E-state index in [1.807, 2.05) is 20.8 Å². The fourth-order valence-electron chi connectivity index (χ4n) is 4.66. The second-order valence-electron chi connectivity index (χ2n) is 8.51. The topological polar surface area (TPSA) is 82.3 Å². The van der Waals surface area contributed by atoms with Crippen LogP contribution in [0, 0.1) is 28.0 Å². The Morgan fingerprint density at radius 2 is 2.10 bits per heavy atom. The van der Waals surface area contributed by atoms with Gasteiger partial charge in [-0.3, -0.25) is 4.79 Å². The van der Waals surface area contributed by atoms with Crippen molar-refractivity contribution in [3.63, 3.8) is 0 Å². The first-order valence-corrected chi connectivity index (χ1v) is 9.94. The molecule has 0 amide bonds. The van der Waals surface area contributed by atoms with Gasteiger partial charge in [0.2, 0.25) is 0 Å². The molecule has 0 saturated carbocycles. The number of nitrogens with one attached hydrogen (secondary N) is 1. The molecule has 0 bridgehead atoms. The average Bonchev–Trinajstić information content (AvgIpc) is 2.60. The van der Waals surface area contributed by atoms with E-state index in [9.17, 15) is 19.6 Å². The van der Waals surface area contributed by atoms with E-state index in [2.05, 4.69) is 11.4 Å². The normalized spacial score (nSPS) is 24.8. The van der Waals surface area contributed by atoms with Crippen molar-refractivity contribution in [2.75, 3.05) is 13.7 Å². The first-order valence-electron chi connectivity index (χ1n) is 9.57. The van der Waals surface area contributed by atoms with Crippen LogP contribution < -0.4 is 5.32 Å². The number of nitrogens with zero attached hydrogens (tertiary/aromatic N) is 1. The van der Waals surface area contributed by atoms with Gasteiger partial charge in [-0.15, -0.1) is 0 Å². The minimum absolute atomic E-state index is 0.114. The molecule has 0 aliphatic carbocycles. The van der Waals surface area contributed by atoms with E-state index >= 15 is 0 Å². The molecule has 1 aromatic rings. The molecule has 0 saturated heterocycles. The third-order valence-electron chi connectivity index (χ3n) is 5.92. The molecule has 0 radical (unpaired) electrons. The summed E-state index contributed by atoms with van der Waals surface area (Å²) >= 11 is 6.38. The van der Waals surface area contributed by atoms with E-state index in [4.69, 9.17) is 16.3 Å². The van der Waals surface area contributed by atoms with E-state index < -0.39 is 34.6 Å². The fraction of sp³-hybridized carbons (Fsp3) is 0.545.